The van der Waals surface area contributed by atoms with E-state index in [0.717, 1.165) is 42.1 Å². The molecule has 1 N–H and O–H groups in total. The van der Waals surface area contributed by atoms with Crippen LogP contribution in [0.3, 0.4) is 0 Å². The van der Waals surface area contributed by atoms with E-state index >= 15 is 0 Å². The summed E-state index contributed by atoms with van der Waals surface area (Å²) in [6.45, 7) is 2.88. The molecule has 146 valence electrons. The van der Waals surface area contributed by atoms with Crippen molar-refractivity contribution in [1.82, 2.24) is 10.2 Å². The topological polar surface area (TPSA) is 49.4 Å². The number of benzene rings is 1. The maximum absolute atomic E-state index is 13.3. The second kappa shape index (κ2) is 11.3. The maximum Gasteiger partial charge on any atom is 0.256 e. The molecule has 0 aromatic heterocycles. The summed E-state index contributed by atoms with van der Waals surface area (Å²) in [5.41, 5.74) is 0.607. The highest BCUT2D eigenvalue weighted by Gasteiger charge is 2.37. The number of amides is 2. The van der Waals surface area contributed by atoms with Crippen molar-refractivity contribution in [3.05, 3.63) is 33.4 Å². The van der Waals surface area contributed by atoms with Gasteiger partial charge in [0.05, 0.1) is 12.1 Å². The van der Waals surface area contributed by atoms with Crippen LogP contribution in [0.15, 0.2) is 24.3 Å². The fourth-order valence-corrected chi connectivity index (χ4v) is 4.36. The van der Waals surface area contributed by atoms with E-state index in [9.17, 15) is 9.59 Å². The fraction of sp³-hybridized carbons (Fsp3) is 0.545. The first kappa shape index (κ1) is 21.7. The Labute approximate surface area is 176 Å². The lowest BCUT2D eigenvalue weighted by Crippen LogP contribution is -2.54. The van der Waals surface area contributed by atoms with Crippen LogP contribution in [0.5, 0.6) is 0 Å². The third-order valence-electron chi connectivity index (χ3n) is 5.16. The predicted molar refractivity (Wildman–Crippen MR) is 117 cm³/mol. The van der Waals surface area contributed by atoms with E-state index in [1.165, 1.54) is 6.42 Å². The molecule has 0 saturated heterocycles. The fourth-order valence-electron chi connectivity index (χ4n) is 3.74. The van der Waals surface area contributed by atoms with Gasteiger partial charge in [0.1, 0.15) is 6.04 Å². The minimum absolute atomic E-state index is 0.0649. The van der Waals surface area contributed by atoms with Crippen LogP contribution >= 0.6 is 22.6 Å². The molecule has 1 aliphatic rings. The van der Waals surface area contributed by atoms with Crippen LogP contribution in [-0.4, -0.2) is 35.8 Å². The average molecular weight is 480 g/mol. The first-order valence-corrected chi connectivity index (χ1v) is 10.9. The van der Waals surface area contributed by atoms with Gasteiger partial charge in [0.25, 0.3) is 5.91 Å². The standard InChI is InChI=1S/C22H29IN2O2/c1-3-5-15-24-21(26)20(17-11-7-6-8-12-17)25(16-4-2)22(27)18-13-9-10-14-19(18)23/h2,9-10,13-14,17,20H,3,5-8,11-12,15-16H2,1H3,(H,24,26). The van der Waals surface area contributed by atoms with Gasteiger partial charge in [-0.1, -0.05) is 50.7 Å². The van der Waals surface area contributed by atoms with Crippen molar-refractivity contribution in [2.45, 2.75) is 57.9 Å². The van der Waals surface area contributed by atoms with Crippen LogP contribution in [0.4, 0.5) is 0 Å². The Bertz CT molecular complexity index is 677. The summed E-state index contributed by atoms with van der Waals surface area (Å²) in [7, 11) is 0. The van der Waals surface area contributed by atoms with Crippen molar-refractivity contribution in [2.75, 3.05) is 13.1 Å². The molecule has 0 radical (unpaired) electrons. The minimum atomic E-state index is -0.498. The quantitative estimate of drug-likeness (QED) is 0.344. The summed E-state index contributed by atoms with van der Waals surface area (Å²) in [5.74, 6) is 2.55. The molecule has 1 saturated carbocycles. The van der Waals surface area contributed by atoms with Gasteiger partial charge in [-0.2, -0.15) is 0 Å². The lowest BCUT2D eigenvalue weighted by Gasteiger charge is -2.37. The maximum atomic E-state index is 13.3. The first-order chi connectivity index (χ1) is 13.1. The third-order valence-corrected chi connectivity index (χ3v) is 6.10. The van der Waals surface area contributed by atoms with Gasteiger partial charge in [-0.05, 0) is 59.9 Å². The average Bonchev–Trinajstić information content (AvgIpc) is 2.68. The summed E-state index contributed by atoms with van der Waals surface area (Å²) in [4.78, 5) is 28.0. The summed E-state index contributed by atoms with van der Waals surface area (Å²) >= 11 is 2.16. The van der Waals surface area contributed by atoms with E-state index in [-0.39, 0.29) is 24.3 Å². The summed E-state index contributed by atoms with van der Waals surface area (Å²) in [6.07, 6.45) is 12.9. The zero-order chi connectivity index (χ0) is 19.6. The summed E-state index contributed by atoms with van der Waals surface area (Å²) < 4.78 is 0.871. The molecule has 1 aliphatic carbocycles. The smallest absolute Gasteiger partial charge is 0.256 e. The Morgan fingerprint density at radius 2 is 2.00 bits per heavy atom. The predicted octanol–water partition coefficient (Wildman–Crippen LogP) is 4.23. The van der Waals surface area contributed by atoms with Gasteiger partial charge in [-0.25, -0.2) is 0 Å². The van der Waals surface area contributed by atoms with Crippen molar-refractivity contribution >= 4 is 34.4 Å². The zero-order valence-corrected chi connectivity index (χ0v) is 18.2. The number of nitrogens with one attached hydrogen (secondary N) is 1. The molecule has 2 rings (SSSR count). The van der Waals surface area contributed by atoms with Gasteiger partial charge in [0, 0.05) is 10.1 Å². The SMILES string of the molecule is C#CCN(C(=O)c1ccccc1I)C(C(=O)NCCCC)C1CCCCC1. The normalized spacial score (nSPS) is 15.6. The summed E-state index contributed by atoms with van der Waals surface area (Å²) in [5, 5.41) is 3.04. The van der Waals surface area contributed by atoms with Gasteiger partial charge in [0.15, 0.2) is 0 Å². The molecule has 27 heavy (non-hydrogen) atoms. The Balaban J connectivity index is 2.32. The van der Waals surface area contributed by atoms with Crippen LogP contribution < -0.4 is 5.32 Å². The highest BCUT2D eigenvalue weighted by atomic mass is 127. The number of unbranched alkanes of at least 4 members (excludes halogenated alkanes) is 1. The second-order valence-electron chi connectivity index (χ2n) is 7.10. The molecule has 1 aromatic carbocycles. The molecule has 0 heterocycles. The number of carbonyl (C=O) groups excluding carboxylic acids is 2. The van der Waals surface area contributed by atoms with Gasteiger partial charge < -0.3 is 10.2 Å². The van der Waals surface area contributed by atoms with Crippen LogP contribution in [0, 0.1) is 21.8 Å². The lowest BCUT2D eigenvalue weighted by atomic mass is 9.82. The molecular formula is C22H29IN2O2. The largest absolute Gasteiger partial charge is 0.354 e. The zero-order valence-electron chi connectivity index (χ0n) is 16.0. The minimum Gasteiger partial charge on any atom is -0.354 e. The highest BCUT2D eigenvalue weighted by molar-refractivity contribution is 14.1. The van der Waals surface area contributed by atoms with Gasteiger partial charge in [-0.3, -0.25) is 9.59 Å². The molecular weight excluding hydrogens is 451 g/mol. The van der Waals surface area contributed by atoms with Crippen LogP contribution in [0.25, 0.3) is 0 Å². The molecule has 1 unspecified atom stereocenters. The van der Waals surface area contributed by atoms with E-state index in [2.05, 4.69) is 40.8 Å². The number of nitrogens with zero attached hydrogens (tertiary/aromatic N) is 1. The van der Waals surface area contributed by atoms with E-state index < -0.39 is 6.04 Å². The lowest BCUT2D eigenvalue weighted by molar-refractivity contribution is -0.127. The monoisotopic (exact) mass is 480 g/mol. The van der Waals surface area contributed by atoms with Gasteiger partial charge >= 0.3 is 0 Å². The van der Waals surface area contributed by atoms with Crippen LogP contribution in [0.1, 0.15) is 62.2 Å². The number of rotatable bonds is 8. The molecule has 1 atom stereocenters. The van der Waals surface area contributed by atoms with E-state index in [0.29, 0.717) is 12.1 Å². The number of hydrogen-bond donors (Lipinski definition) is 1. The second-order valence-corrected chi connectivity index (χ2v) is 8.27. The molecule has 1 aromatic rings. The number of halogens is 1. The molecule has 5 heteroatoms. The number of hydrogen-bond acceptors (Lipinski definition) is 2. The molecule has 0 spiro atoms. The van der Waals surface area contributed by atoms with Crippen molar-refractivity contribution in [3.63, 3.8) is 0 Å². The van der Waals surface area contributed by atoms with Gasteiger partial charge in [0.2, 0.25) is 5.91 Å². The number of carbonyl (C=O) groups is 2. The summed E-state index contributed by atoms with van der Waals surface area (Å²) in [6, 6.07) is 6.96. The van der Waals surface area contributed by atoms with Crippen molar-refractivity contribution in [2.24, 2.45) is 5.92 Å². The van der Waals surface area contributed by atoms with Crippen LogP contribution in [0.2, 0.25) is 0 Å². The first-order valence-electron chi connectivity index (χ1n) is 9.86. The molecule has 2 amide bonds. The van der Waals surface area contributed by atoms with E-state index in [1.807, 2.05) is 18.2 Å². The molecule has 0 bridgehead atoms. The molecule has 0 aliphatic heterocycles. The van der Waals surface area contributed by atoms with Crippen molar-refractivity contribution in [3.8, 4) is 12.3 Å². The Hall–Kier alpha value is -1.55. The third kappa shape index (κ3) is 5.97. The van der Waals surface area contributed by atoms with Crippen LogP contribution in [-0.2, 0) is 4.79 Å². The Morgan fingerprint density at radius 1 is 1.30 bits per heavy atom. The van der Waals surface area contributed by atoms with Crippen molar-refractivity contribution in [1.29, 1.82) is 0 Å². The number of terminal acetylenes is 1. The highest BCUT2D eigenvalue weighted by Crippen LogP contribution is 2.30. The van der Waals surface area contributed by atoms with E-state index in [4.69, 9.17) is 6.42 Å². The van der Waals surface area contributed by atoms with Crippen molar-refractivity contribution < 1.29 is 9.59 Å². The van der Waals surface area contributed by atoms with Gasteiger partial charge in [-0.15, -0.1) is 6.42 Å². The Morgan fingerprint density at radius 3 is 2.63 bits per heavy atom. The Kier molecular flexibility index (Phi) is 9.12. The molecule has 4 nitrogen and oxygen atoms in total. The molecule has 1 fully saturated rings. The van der Waals surface area contributed by atoms with E-state index in [1.54, 1.807) is 11.0 Å².